The number of halogens is 1. The second kappa shape index (κ2) is 5.33. The summed E-state index contributed by atoms with van der Waals surface area (Å²) in [4.78, 5) is 2.45. The van der Waals surface area contributed by atoms with Gasteiger partial charge in [-0.05, 0) is 49.9 Å². The van der Waals surface area contributed by atoms with E-state index in [4.69, 9.17) is 0 Å². The normalized spacial score (nSPS) is 21.1. The zero-order valence-electron chi connectivity index (χ0n) is 9.95. The van der Waals surface area contributed by atoms with Crippen molar-refractivity contribution in [1.82, 2.24) is 0 Å². The third-order valence-electron chi connectivity index (χ3n) is 3.41. The van der Waals surface area contributed by atoms with Crippen LogP contribution >= 0.6 is 0 Å². The summed E-state index contributed by atoms with van der Waals surface area (Å²) in [5, 5.41) is 0. The number of piperidine rings is 1. The summed E-state index contributed by atoms with van der Waals surface area (Å²) < 4.78 is 12.9. The van der Waals surface area contributed by atoms with Gasteiger partial charge < -0.3 is 4.90 Å². The van der Waals surface area contributed by atoms with Gasteiger partial charge in [0.2, 0.25) is 0 Å². The largest absolute Gasteiger partial charge is 0.369 e. The molecule has 1 aromatic rings. The first-order valence-corrected chi connectivity index (χ1v) is 6.33. The molecule has 1 aromatic carbocycles. The number of hydrogen-bond donors (Lipinski definition) is 0. The second-order valence-corrected chi connectivity index (χ2v) is 4.61. The van der Waals surface area contributed by atoms with Gasteiger partial charge in [-0.1, -0.05) is 13.3 Å². The number of benzene rings is 1. The molecular formula is C14H20FN. The number of rotatable bonds is 3. The summed E-state index contributed by atoms with van der Waals surface area (Å²) in [6.07, 6.45) is 6.35. The second-order valence-electron chi connectivity index (χ2n) is 4.61. The molecule has 2 heteroatoms. The highest BCUT2D eigenvalue weighted by atomic mass is 19.1. The molecule has 0 amide bonds. The first kappa shape index (κ1) is 11.4. The van der Waals surface area contributed by atoms with Gasteiger partial charge in [-0.2, -0.15) is 0 Å². The zero-order valence-corrected chi connectivity index (χ0v) is 9.95. The summed E-state index contributed by atoms with van der Waals surface area (Å²) in [6, 6.07) is 7.59. The van der Waals surface area contributed by atoms with E-state index in [-0.39, 0.29) is 5.82 Å². The van der Waals surface area contributed by atoms with Crippen molar-refractivity contribution in [2.75, 3.05) is 11.4 Å². The van der Waals surface area contributed by atoms with Crippen molar-refractivity contribution < 1.29 is 4.39 Å². The minimum absolute atomic E-state index is 0.146. The van der Waals surface area contributed by atoms with Crippen molar-refractivity contribution in [3.63, 3.8) is 0 Å². The van der Waals surface area contributed by atoms with Crippen LogP contribution in [-0.2, 0) is 0 Å². The van der Waals surface area contributed by atoms with Gasteiger partial charge in [-0.3, -0.25) is 0 Å². The summed E-state index contributed by atoms with van der Waals surface area (Å²) in [6.45, 7) is 3.35. The molecule has 0 unspecified atom stereocenters. The molecule has 0 aliphatic carbocycles. The Labute approximate surface area is 97.3 Å². The van der Waals surface area contributed by atoms with Gasteiger partial charge in [0.1, 0.15) is 5.82 Å². The van der Waals surface area contributed by atoms with Crippen LogP contribution in [-0.4, -0.2) is 12.6 Å². The average molecular weight is 221 g/mol. The van der Waals surface area contributed by atoms with E-state index in [1.807, 2.05) is 12.1 Å². The molecule has 1 nitrogen and oxygen atoms in total. The zero-order chi connectivity index (χ0) is 11.4. The van der Waals surface area contributed by atoms with Gasteiger partial charge in [0.25, 0.3) is 0 Å². The summed E-state index contributed by atoms with van der Waals surface area (Å²) >= 11 is 0. The van der Waals surface area contributed by atoms with Crippen LogP contribution in [0.25, 0.3) is 0 Å². The van der Waals surface area contributed by atoms with Crippen molar-refractivity contribution in [2.45, 2.75) is 45.1 Å². The maximum atomic E-state index is 12.9. The molecule has 1 aliphatic rings. The molecule has 1 saturated heterocycles. The van der Waals surface area contributed by atoms with Crippen LogP contribution in [0.4, 0.5) is 10.1 Å². The van der Waals surface area contributed by atoms with E-state index in [1.54, 1.807) is 12.1 Å². The minimum Gasteiger partial charge on any atom is -0.369 e. The van der Waals surface area contributed by atoms with E-state index < -0.39 is 0 Å². The van der Waals surface area contributed by atoms with Gasteiger partial charge >= 0.3 is 0 Å². The lowest BCUT2D eigenvalue weighted by atomic mass is 9.97. The van der Waals surface area contributed by atoms with Crippen molar-refractivity contribution in [2.24, 2.45) is 0 Å². The molecule has 0 spiro atoms. The molecule has 1 fully saturated rings. The smallest absolute Gasteiger partial charge is 0.123 e. The summed E-state index contributed by atoms with van der Waals surface area (Å²) in [7, 11) is 0. The molecule has 1 atom stereocenters. The number of nitrogens with zero attached hydrogens (tertiary/aromatic N) is 1. The van der Waals surface area contributed by atoms with E-state index in [2.05, 4.69) is 11.8 Å². The molecule has 2 rings (SSSR count). The molecule has 0 radical (unpaired) electrons. The fourth-order valence-electron chi connectivity index (χ4n) is 2.61. The third kappa shape index (κ3) is 2.55. The van der Waals surface area contributed by atoms with Crippen LogP contribution in [0.1, 0.15) is 39.0 Å². The van der Waals surface area contributed by atoms with Gasteiger partial charge in [0.05, 0.1) is 0 Å². The van der Waals surface area contributed by atoms with E-state index in [1.165, 1.54) is 37.8 Å². The first-order chi connectivity index (χ1) is 7.81. The highest BCUT2D eigenvalue weighted by molar-refractivity contribution is 5.47. The fourth-order valence-corrected chi connectivity index (χ4v) is 2.61. The quantitative estimate of drug-likeness (QED) is 0.746. The summed E-state index contributed by atoms with van der Waals surface area (Å²) in [5.41, 5.74) is 1.18. The first-order valence-electron chi connectivity index (χ1n) is 6.33. The molecular weight excluding hydrogens is 201 g/mol. The van der Waals surface area contributed by atoms with Crippen molar-refractivity contribution in [1.29, 1.82) is 0 Å². The topological polar surface area (TPSA) is 3.24 Å². The standard InChI is InChI=1S/C14H20FN/c1-2-5-13-6-3-4-11-16(13)14-9-7-12(15)8-10-14/h7-10,13H,2-6,11H2,1H3/t13-/m1/s1. The Kier molecular flexibility index (Phi) is 3.81. The van der Waals surface area contributed by atoms with Crippen LogP contribution in [0.3, 0.4) is 0 Å². The SMILES string of the molecule is CCC[C@@H]1CCCCN1c1ccc(F)cc1. The molecule has 0 bridgehead atoms. The lowest BCUT2D eigenvalue weighted by Gasteiger charge is -2.37. The van der Waals surface area contributed by atoms with Crippen LogP contribution < -0.4 is 4.90 Å². The Morgan fingerprint density at radius 1 is 1.25 bits per heavy atom. The predicted octanol–water partition coefficient (Wildman–Crippen LogP) is 3.98. The fraction of sp³-hybridized carbons (Fsp3) is 0.571. The molecule has 1 aliphatic heterocycles. The van der Waals surface area contributed by atoms with Crippen molar-refractivity contribution in [3.8, 4) is 0 Å². The highest BCUT2D eigenvalue weighted by Gasteiger charge is 2.21. The maximum Gasteiger partial charge on any atom is 0.123 e. The van der Waals surface area contributed by atoms with Crippen LogP contribution in [0, 0.1) is 5.82 Å². The highest BCUT2D eigenvalue weighted by Crippen LogP contribution is 2.27. The third-order valence-corrected chi connectivity index (χ3v) is 3.41. The average Bonchev–Trinajstić information content (AvgIpc) is 2.32. The lowest BCUT2D eigenvalue weighted by Crippen LogP contribution is -2.39. The molecule has 0 saturated carbocycles. The lowest BCUT2D eigenvalue weighted by molar-refractivity contribution is 0.434. The number of hydrogen-bond acceptors (Lipinski definition) is 1. The minimum atomic E-state index is -0.146. The van der Waals surface area contributed by atoms with Crippen LogP contribution in [0.15, 0.2) is 24.3 Å². The molecule has 16 heavy (non-hydrogen) atoms. The maximum absolute atomic E-state index is 12.9. The Morgan fingerprint density at radius 3 is 2.69 bits per heavy atom. The predicted molar refractivity (Wildman–Crippen MR) is 66.3 cm³/mol. The van der Waals surface area contributed by atoms with Gasteiger partial charge in [-0.15, -0.1) is 0 Å². The molecule has 1 heterocycles. The Bertz CT molecular complexity index is 318. The molecule has 0 N–H and O–H groups in total. The van der Waals surface area contributed by atoms with E-state index in [9.17, 15) is 4.39 Å². The Morgan fingerprint density at radius 2 is 2.00 bits per heavy atom. The van der Waals surface area contributed by atoms with E-state index in [0.717, 1.165) is 6.54 Å². The van der Waals surface area contributed by atoms with Crippen LogP contribution in [0.5, 0.6) is 0 Å². The van der Waals surface area contributed by atoms with Gasteiger partial charge in [-0.25, -0.2) is 4.39 Å². The van der Waals surface area contributed by atoms with E-state index in [0.29, 0.717) is 6.04 Å². The molecule has 0 aromatic heterocycles. The van der Waals surface area contributed by atoms with Crippen molar-refractivity contribution >= 4 is 5.69 Å². The monoisotopic (exact) mass is 221 g/mol. The van der Waals surface area contributed by atoms with E-state index >= 15 is 0 Å². The van der Waals surface area contributed by atoms with Crippen LogP contribution in [0.2, 0.25) is 0 Å². The Balaban J connectivity index is 2.13. The van der Waals surface area contributed by atoms with Gasteiger partial charge in [0, 0.05) is 18.3 Å². The Hall–Kier alpha value is -1.05. The molecule has 88 valence electrons. The number of anilines is 1. The summed E-state index contributed by atoms with van der Waals surface area (Å²) in [5.74, 6) is -0.146. The van der Waals surface area contributed by atoms with Crippen molar-refractivity contribution in [3.05, 3.63) is 30.1 Å². The van der Waals surface area contributed by atoms with Gasteiger partial charge in [0.15, 0.2) is 0 Å².